The highest BCUT2D eigenvalue weighted by molar-refractivity contribution is 5.98. The Morgan fingerprint density at radius 3 is 2.52 bits per heavy atom. The number of halogens is 4. The molecule has 3 heterocycles. The van der Waals surface area contributed by atoms with Crippen molar-refractivity contribution in [1.82, 2.24) is 29.9 Å². The minimum atomic E-state index is -4.55. The van der Waals surface area contributed by atoms with Crippen molar-refractivity contribution >= 4 is 5.91 Å². The van der Waals surface area contributed by atoms with E-state index in [4.69, 9.17) is 4.74 Å². The lowest BCUT2D eigenvalue weighted by atomic mass is 10.1. The lowest BCUT2D eigenvalue weighted by Crippen LogP contribution is -2.45. The topological polar surface area (TPSA) is 86.0 Å². The number of amides is 1. The van der Waals surface area contributed by atoms with Crippen molar-refractivity contribution in [2.45, 2.75) is 25.1 Å². The van der Waals surface area contributed by atoms with E-state index in [0.717, 1.165) is 4.80 Å². The first-order valence-corrected chi connectivity index (χ1v) is 9.33. The Bertz CT molecular complexity index is 1060. The Morgan fingerprint density at radius 1 is 1.13 bits per heavy atom. The highest BCUT2D eigenvalue weighted by Gasteiger charge is 2.32. The van der Waals surface area contributed by atoms with Crippen LogP contribution in [-0.4, -0.2) is 55.0 Å². The van der Waals surface area contributed by atoms with Gasteiger partial charge in [0.25, 0.3) is 5.91 Å². The molecule has 1 aromatic carbocycles. The Morgan fingerprint density at radius 2 is 1.84 bits per heavy atom. The molecule has 1 aliphatic rings. The molecule has 0 saturated carbocycles. The molecule has 0 spiro atoms. The quantitative estimate of drug-likeness (QED) is 0.585. The largest absolute Gasteiger partial charge is 0.458 e. The third kappa shape index (κ3) is 4.47. The van der Waals surface area contributed by atoms with Crippen LogP contribution < -0.4 is 4.74 Å². The molecular formula is C19H16F4N6O2. The molecule has 1 saturated heterocycles. The number of nitrogens with zero attached hydrogens (tertiary/aromatic N) is 6. The molecular weight excluding hydrogens is 420 g/mol. The maximum Gasteiger partial charge on any atom is 0.419 e. The number of hydrogen-bond acceptors (Lipinski definition) is 6. The maximum absolute atomic E-state index is 14.6. The van der Waals surface area contributed by atoms with E-state index >= 15 is 0 Å². The second-order valence-corrected chi connectivity index (χ2v) is 6.84. The van der Waals surface area contributed by atoms with Crippen molar-refractivity contribution in [2.75, 3.05) is 13.1 Å². The Balaban J connectivity index is 1.50. The Kier molecular flexibility index (Phi) is 5.53. The smallest absolute Gasteiger partial charge is 0.419 e. The molecule has 3 aromatic rings. The molecule has 4 rings (SSSR count). The summed E-state index contributed by atoms with van der Waals surface area (Å²) in [6.07, 6.45) is 0.0931. The third-order valence-corrected chi connectivity index (χ3v) is 4.73. The number of likely N-dealkylation sites (tertiary alicyclic amines) is 1. The molecule has 0 bridgehead atoms. The van der Waals surface area contributed by atoms with Gasteiger partial charge in [-0.25, -0.2) is 14.4 Å². The van der Waals surface area contributed by atoms with Crippen molar-refractivity contribution in [2.24, 2.45) is 0 Å². The summed E-state index contributed by atoms with van der Waals surface area (Å²) in [7, 11) is 0. The fourth-order valence-electron chi connectivity index (χ4n) is 3.28. The predicted molar refractivity (Wildman–Crippen MR) is 97.9 cm³/mol. The normalized spacial score (nSPS) is 16.9. The van der Waals surface area contributed by atoms with Crippen LogP contribution in [0.25, 0.3) is 5.69 Å². The summed E-state index contributed by atoms with van der Waals surface area (Å²) in [6.45, 7) is 0.469. The standard InChI is InChI=1S/C19H16F4N6O2/c20-14-4-1-5-15(29-26-6-7-27-29)16(14)17(30)28-8-2-3-13(11-28)31-18-24-9-12(10-25-18)19(21,22)23/h1,4-7,9-10,13H,2-3,8,11H2. The van der Waals surface area contributed by atoms with Crippen molar-refractivity contribution in [3.8, 4) is 11.7 Å². The third-order valence-electron chi connectivity index (χ3n) is 4.73. The average molecular weight is 436 g/mol. The summed E-state index contributed by atoms with van der Waals surface area (Å²) >= 11 is 0. The second kappa shape index (κ2) is 8.28. The van der Waals surface area contributed by atoms with Crippen LogP contribution >= 0.6 is 0 Å². The molecule has 0 aliphatic carbocycles. The molecule has 162 valence electrons. The zero-order valence-electron chi connectivity index (χ0n) is 16.0. The van der Waals surface area contributed by atoms with Gasteiger partial charge in [-0.2, -0.15) is 28.2 Å². The number of aromatic nitrogens is 5. The number of rotatable bonds is 4. The number of benzene rings is 1. The lowest BCUT2D eigenvalue weighted by Gasteiger charge is -2.32. The van der Waals surface area contributed by atoms with E-state index in [2.05, 4.69) is 20.2 Å². The van der Waals surface area contributed by atoms with E-state index in [1.54, 1.807) is 0 Å². The van der Waals surface area contributed by atoms with Crippen LogP contribution in [0.2, 0.25) is 0 Å². The van der Waals surface area contributed by atoms with Crippen LogP contribution in [0.4, 0.5) is 17.6 Å². The number of piperidine rings is 1. The molecule has 1 atom stereocenters. The molecule has 1 unspecified atom stereocenters. The monoisotopic (exact) mass is 436 g/mol. The van der Waals surface area contributed by atoms with Gasteiger partial charge in [-0.15, -0.1) is 0 Å². The predicted octanol–water partition coefficient (Wildman–Crippen LogP) is 2.90. The van der Waals surface area contributed by atoms with E-state index < -0.39 is 29.6 Å². The van der Waals surface area contributed by atoms with Gasteiger partial charge in [0, 0.05) is 18.9 Å². The van der Waals surface area contributed by atoms with Gasteiger partial charge < -0.3 is 9.64 Å². The van der Waals surface area contributed by atoms with Crippen molar-refractivity contribution < 1.29 is 27.1 Å². The maximum atomic E-state index is 14.6. The van der Waals surface area contributed by atoms with Crippen molar-refractivity contribution in [1.29, 1.82) is 0 Å². The lowest BCUT2D eigenvalue weighted by molar-refractivity contribution is -0.138. The molecule has 1 aliphatic heterocycles. The zero-order valence-corrected chi connectivity index (χ0v) is 16.0. The number of carbonyl (C=O) groups excluding carboxylic acids is 1. The summed E-state index contributed by atoms with van der Waals surface area (Å²) in [4.78, 5) is 22.9. The van der Waals surface area contributed by atoms with Gasteiger partial charge in [0.15, 0.2) is 0 Å². The van der Waals surface area contributed by atoms with Crippen molar-refractivity contribution in [3.05, 3.63) is 59.9 Å². The Hall–Kier alpha value is -3.57. The van der Waals surface area contributed by atoms with E-state index in [-0.39, 0.29) is 23.8 Å². The molecule has 31 heavy (non-hydrogen) atoms. The van der Waals surface area contributed by atoms with Crippen LogP contribution in [0.15, 0.2) is 43.0 Å². The SMILES string of the molecule is O=C(c1c(F)cccc1-n1nccn1)N1CCCC(Oc2ncc(C(F)(F)F)cn2)C1. The van der Waals surface area contributed by atoms with Gasteiger partial charge in [-0.3, -0.25) is 4.79 Å². The molecule has 1 fully saturated rings. The summed E-state index contributed by atoms with van der Waals surface area (Å²) in [5, 5.41) is 7.92. The van der Waals surface area contributed by atoms with Crippen LogP contribution in [0.5, 0.6) is 6.01 Å². The van der Waals surface area contributed by atoms with Crippen molar-refractivity contribution in [3.63, 3.8) is 0 Å². The molecule has 8 nitrogen and oxygen atoms in total. The van der Waals surface area contributed by atoms with Crippen LogP contribution in [0, 0.1) is 5.82 Å². The van der Waals surface area contributed by atoms with Gasteiger partial charge in [0.1, 0.15) is 23.2 Å². The summed E-state index contributed by atoms with van der Waals surface area (Å²) in [5.74, 6) is -1.28. The number of hydrogen-bond donors (Lipinski definition) is 0. The fourth-order valence-corrected chi connectivity index (χ4v) is 3.28. The zero-order chi connectivity index (χ0) is 22.0. The second-order valence-electron chi connectivity index (χ2n) is 6.84. The van der Waals surface area contributed by atoms with E-state index in [9.17, 15) is 22.4 Å². The number of alkyl halides is 3. The number of ether oxygens (including phenoxy) is 1. The van der Waals surface area contributed by atoms with Gasteiger partial charge in [0.05, 0.1) is 24.5 Å². The van der Waals surface area contributed by atoms with Gasteiger partial charge in [-0.1, -0.05) is 6.07 Å². The van der Waals surface area contributed by atoms with E-state index in [1.165, 1.54) is 35.5 Å². The highest BCUT2D eigenvalue weighted by Crippen LogP contribution is 2.28. The summed E-state index contributed by atoms with van der Waals surface area (Å²) < 4.78 is 58.1. The van der Waals surface area contributed by atoms with Crippen LogP contribution in [0.3, 0.4) is 0 Å². The first-order valence-electron chi connectivity index (χ1n) is 9.33. The van der Waals surface area contributed by atoms with E-state index in [1.807, 2.05) is 0 Å². The molecule has 1 amide bonds. The fraction of sp³-hybridized carbons (Fsp3) is 0.316. The highest BCUT2D eigenvalue weighted by atomic mass is 19.4. The Labute approximate surface area is 173 Å². The molecule has 2 aromatic heterocycles. The molecule has 0 N–H and O–H groups in total. The van der Waals surface area contributed by atoms with E-state index in [0.29, 0.717) is 31.8 Å². The minimum absolute atomic E-state index is 0.101. The first-order chi connectivity index (χ1) is 14.8. The minimum Gasteiger partial charge on any atom is -0.458 e. The summed E-state index contributed by atoms with van der Waals surface area (Å²) in [5.41, 5.74) is -0.964. The van der Waals surface area contributed by atoms with Gasteiger partial charge in [-0.05, 0) is 25.0 Å². The van der Waals surface area contributed by atoms with Gasteiger partial charge >= 0.3 is 12.2 Å². The van der Waals surface area contributed by atoms with Crippen LogP contribution in [-0.2, 0) is 6.18 Å². The average Bonchev–Trinajstić information content (AvgIpc) is 3.28. The van der Waals surface area contributed by atoms with Crippen LogP contribution in [0.1, 0.15) is 28.8 Å². The molecule has 12 heteroatoms. The van der Waals surface area contributed by atoms with Gasteiger partial charge in [0.2, 0.25) is 0 Å². The summed E-state index contributed by atoms with van der Waals surface area (Å²) in [6, 6.07) is 3.94. The molecule has 0 radical (unpaired) electrons. The first kappa shape index (κ1) is 20.7. The number of carbonyl (C=O) groups is 1.